The van der Waals surface area contributed by atoms with Gasteiger partial charge in [-0.2, -0.15) is 0 Å². The summed E-state index contributed by atoms with van der Waals surface area (Å²) in [5, 5.41) is -0.512. The summed E-state index contributed by atoms with van der Waals surface area (Å²) in [6.07, 6.45) is -4.71. The van der Waals surface area contributed by atoms with Crippen molar-refractivity contribution in [1.29, 1.82) is 0 Å². The third-order valence-corrected chi connectivity index (χ3v) is 4.27. The summed E-state index contributed by atoms with van der Waals surface area (Å²) in [5.74, 6) is -0.298. The van der Waals surface area contributed by atoms with Crippen molar-refractivity contribution in [3.8, 4) is 5.75 Å². The number of nitrogens with two attached hydrogens (primary N) is 1. The number of carbonyl (C=O) groups is 1. The molecule has 0 fully saturated rings. The molecule has 0 aromatic heterocycles. The predicted octanol–water partition coefficient (Wildman–Crippen LogP) is 4.05. The lowest BCUT2D eigenvalue weighted by molar-refractivity contribution is -0.274. The molecule has 0 heterocycles. The molecule has 0 spiro atoms. The van der Waals surface area contributed by atoms with E-state index in [1.54, 1.807) is 0 Å². The minimum atomic E-state index is -4.71. The fourth-order valence-corrected chi connectivity index (χ4v) is 3.00. The van der Waals surface area contributed by atoms with Crippen molar-refractivity contribution in [2.45, 2.75) is 17.4 Å². The Morgan fingerprint density at radius 1 is 1.09 bits per heavy atom. The van der Waals surface area contributed by atoms with Crippen molar-refractivity contribution in [1.82, 2.24) is 0 Å². The van der Waals surface area contributed by atoms with Crippen LogP contribution in [-0.2, 0) is 10.5 Å². The van der Waals surface area contributed by atoms with Crippen LogP contribution >= 0.6 is 11.8 Å². The number of thioether (sulfide) groups is 1. The first-order valence-corrected chi connectivity index (χ1v) is 7.70. The van der Waals surface area contributed by atoms with E-state index in [0.29, 0.717) is 5.75 Å². The summed E-state index contributed by atoms with van der Waals surface area (Å²) in [4.78, 5) is 11.6. The Morgan fingerprint density at radius 2 is 1.70 bits per heavy atom. The topological polar surface area (TPSA) is 52.3 Å². The highest BCUT2D eigenvalue weighted by atomic mass is 32.2. The van der Waals surface area contributed by atoms with Gasteiger partial charge in [-0.05, 0) is 23.3 Å². The van der Waals surface area contributed by atoms with Gasteiger partial charge in [-0.25, -0.2) is 0 Å². The highest BCUT2D eigenvalue weighted by Gasteiger charge is 2.30. The van der Waals surface area contributed by atoms with E-state index in [4.69, 9.17) is 5.73 Å². The normalized spacial score (nSPS) is 12.7. The molecule has 1 unspecified atom stereocenters. The molecule has 3 nitrogen and oxygen atoms in total. The van der Waals surface area contributed by atoms with E-state index in [0.717, 1.165) is 11.1 Å². The Morgan fingerprint density at radius 3 is 2.22 bits per heavy atom. The van der Waals surface area contributed by atoms with Crippen molar-refractivity contribution in [2.24, 2.45) is 5.73 Å². The molecule has 23 heavy (non-hydrogen) atoms. The molecule has 2 aromatic carbocycles. The molecule has 0 saturated heterocycles. The third kappa shape index (κ3) is 5.52. The van der Waals surface area contributed by atoms with Crippen LogP contribution in [0.5, 0.6) is 5.75 Å². The van der Waals surface area contributed by atoms with Crippen LogP contribution in [0.1, 0.15) is 16.4 Å². The Balaban J connectivity index is 2.00. The van der Waals surface area contributed by atoms with E-state index in [1.165, 1.54) is 36.0 Å². The average Bonchev–Trinajstić information content (AvgIpc) is 2.48. The van der Waals surface area contributed by atoms with Crippen LogP contribution in [0.3, 0.4) is 0 Å². The maximum Gasteiger partial charge on any atom is 0.573 e. The van der Waals surface area contributed by atoms with E-state index >= 15 is 0 Å². The van der Waals surface area contributed by atoms with E-state index in [-0.39, 0.29) is 5.75 Å². The van der Waals surface area contributed by atoms with Crippen LogP contribution in [0.25, 0.3) is 0 Å². The Hall–Kier alpha value is -2.15. The number of alkyl halides is 3. The van der Waals surface area contributed by atoms with Gasteiger partial charge in [0, 0.05) is 5.75 Å². The summed E-state index contributed by atoms with van der Waals surface area (Å²) in [6, 6.07) is 14.6. The quantitative estimate of drug-likeness (QED) is 0.862. The first kappa shape index (κ1) is 17.2. The van der Waals surface area contributed by atoms with Gasteiger partial charge in [-0.15, -0.1) is 24.9 Å². The maximum absolute atomic E-state index is 12.1. The van der Waals surface area contributed by atoms with Crippen LogP contribution in [0.15, 0.2) is 54.6 Å². The zero-order chi connectivity index (χ0) is 16.9. The van der Waals surface area contributed by atoms with Gasteiger partial charge in [-0.3, -0.25) is 4.79 Å². The molecule has 0 aliphatic heterocycles. The summed E-state index contributed by atoms with van der Waals surface area (Å²) in [7, 11) is 0. The molecular formula is C16H14F3NO2S. The molecule has 1 amide bonds. The molecule has 2 aromatic rings. The highest BCUT2D eigenvalue weighted by molar-refractivity contribution is 7.99. The number of carbonyl (C=O) groups excluding carboxylic acids is 1. The molecule has 2 N–H and O–H groups in total. The molecule has 0 aliphatic rings. The van der Waals surface area contributed by atoms with Crippen LogP contribution in [-0.4, -0.2) is 12.3 Å². The van der Waals surface area contributed by atoms with Crippen LogP contribution in [0.4, 0.5) is 13.2 Å². The molecule has 122 valence electrons. The molecule has 0 bridgehead atoms. The van der Waals surface area contributed by atoms with Crippen LogP contribution < -0.4 is 10.5 Å². The number of rotatable bonds is 6. The average molecular weight is 341 g/mol. The van der Waals surface area contributed by atoms with E-state index < -0.39 is 17.5 Å². The van der Waals surface area contributed by atoms with Gasteiger partial charge < -0.3 is 10.5 Å². The number of hydrogen-bond acceptors (Lipinski definition) is 3. The largest absolute Gasteiger partial charge is 0.573 e. The first-order chi connectivity index (χ1) is 10.8. The summed E-state index contributed by atoms with van der Waals surface area (Å²) in [6.45, 7) is 0. The fourth-order valence-electron chi connectivity index (χ4n) is 1.94. The molecule has 2 rings (SSSR count). The Bertz CT molecular complexity index is 645. The lowest BCUT2D eigenvalue weighted by Gasteiger charge is -2.14. The molecule has 0 aliphatic carbocycles. The summed E-state index contributed by atoms with van der Waals surface area (Å²) >= 11 is 1.32. The van der Waals surface area contributed by atoms with Gasteiger partial charge in [0.25, 0.3) is 0 Å². The van der Waals surface area contributed by atoms with Gasteiger partial charge in [0.2, 0.25) is 5.91 Å². The van der Waals surface area contributed by atoms with Crippen molar-refractivity contribution < 1.29 is 22.7 Å². The maximum atomic E-state index is 12.1. The summed E-state index contributed by atoms with van der Waals surface area (Å²) in [5.41, 5.74) is 6.99. The van der Waals surface area contributed by atoms with Crippen LogP contribution in [0, 0.1) is 0 Å². The number of benzene rings is 2. The van der Waals surface area contributed by atoms with E-state index in [2.05, 4.69) is 4.74 Å². The second-order valence-electron chi connectivity index (χ2n) is 4.70. The van der Waals surface area contributed by atoms with Gasteiger partial charge in [-0.1, -0.05) is 42.5 Å². The predicted molar refractivity (Wildman–Crippen MR) is 82.8 cm³/mol. The molecule has 0 saturated carbocycles. The first-order valence-electron chi connectivity index (χ1n) is 6.66. The smallest absolute Gasteiger partial charge is 0.406 e. The van der Waals surface area contributed by atoms with Gasteiger partial charge in [0.15, 0.2) is 0 Å². The van der Waals surface area contributed by atoms with Crippen molar-refractivity contribution >= 4 is 17.7 Å². The van der Waals surface area contributed by atoms with Gasteiger partial charge >= 0.3 is 6.36 Å². The second-order valence-corrected chi connectivity index (χ2v) is 5.79. The van der Waals surface area contributed by atoms with E-state index in [9.17, 15) is 18.0 Å². The SMILES string of the molecule is NC(=O)C(SCc1ccc(OC(F)(F)F)cc1)c1ccccc1. The lowest BCUT2D eigenvalue weighted by Crippen LogP contribution is -2.19. The molecule has 7 heteroatoms. The number of ether oxygens (including phenoxy) is 1. The second kappa shape index (κ2) is 7.41. The number of halogens is 3. The van der Waals surface area contributed by atoms with Gasteiger partial charge in [0.1, 0.15) is 11.0 Å². The van der Waals surface area contributed by atoms with Crippen molar-refractivity contribution in [3.05, 3.63) is 65.7 Å². The van der Waals surface area contributed by atoms with Crippen molar-refractivity contribution in [3.63, 3.8) is 0 Å². The zero-order valence-electron chi connectivity index (χ0n) is 11.9. The molecule has 1 atom stereocenters. The number of amides is 1. The lowest BCUT2D eigenvalue weighted by atomic mass is 10.1. The Labute approximate surface area is 135 Å². The standard InChI is InChI=1S/C16H14F3NO2S/c17-16(18,19)22-13-8-6-11(7-9-13)10-23-14(15(20)21)12-4-2-1-3-5-12/h1-9,14H,10H2,(H2,20,21). The van der Waals surface area contributed by atoms with Crippen molar-refractivity contribution in [2.75, 3.05) is 0 Å². The van der Waals surface area contributed by atoms with E-state index in [1.807, 2.05) is 30.3 Å². The summed E-state index contributed by atoms with van der Waals surface area (Å²) < 4.78 is 40.1. The number of primary amides is 1. The number of hydrogen-bond donors (Lipinski definition) is 1. The zero-order valence-corrected chi connectivity index (χ0v) is 12.7. The molecule has 0 radical (unpaired) electrons. The van der Waals surface area contributed by atoms with Gasteiger partial charge in [0.05, 0.1) is 0 Å². The highest BCUT2D eigenvalue weighted by Crippen LogP contribution is 2.32. The fraction of sp³-hybridized carbons (Fsp3) is 0.188. The minimum absolute atomic E-state index is 0.277. The minimum Gasteiger partial charge on any atom is -0.406 e. The molecular weight excluding hydrogens is 327 g/mol. The monoisotopic (exact) mass is 341 g/mol. The Kier molecular flexibility index (Phi) is 5.54. The van der Waals surface area contributed by atoms with Crippen LogP contribution in [0.2, 0.25) is 0 Å². The third-order valence-electron chi connectivity index (χ3n) is 2.93.